The maximum Gasteiger partial charge on any atom is 0.326 e. The number of oxime groups is 1. The number of carbonyl (C=O) groups excluding carboxylic acids is 2. The van der Waals surface area contributed by atoms with Gasteiger partial charge in [0.05, 0.1) is 5.71 Å². The highest BCUT2D eigenvalue weighted by Gasteiger charge is 2.63. The molecule has 0 unspecified atom stereocenters. The molecule has 3 saturated carbocycles. The maximum atomic E-state index is 12.4. The van der Waals surface area contributed by atoms with Crippen LogP contribution in [0.15, 0.2) is 16.8 Å². The molecule has 4 N–H and O–H groups in total. The minimum Gasteiger partial charge on any atom is -0.480 e. The maximum absolute atomic E-state index is 12.4. The number of carboxylic acid groups (broad SMARTS) is 1. The van der Waals surface area contributed by atoms with Crippen LogP contribution in [-0.4, -0.2) is 58.0 Å². The molecule has 9 nitrogen and oxygen atoms in total. The summed E-state index contributed by atoms with van der Waals surface area (Å²) >= 11 is 0. The van der Waals surface area contributed by atoms with E-state index in [-0.39, 0.29) is 17.4 Å². The molecular formula is C32H47N3O6. The lowest BCUT2D eigenvalue weighted by atomic mass is 9.46. The van der Waals surface area contributed by atoms with Crippen LogP contribution in [0, 0.1) is 40.9 Å². The topological polar surface area (TPSA) is 137 Å². The smallest absolute Gasteiger partial charge is 0.326 e. The third kappa shape index (κ3) is 5.90. The van der Waals surface area contributed by atoms with Gasteiger partial charge >= 0.3 is 5.97 Å². The summed E-state index contributed by atoms with van der Waals surface area (Å²) in [4.78, 5) is 41.5. The van der Waals surface area contributed by atoms with E-state index in [0.717, 1.165) is 57.1 Å². The van der Waals surface area contributed by atoms with Crippen LogP contribution in [0.2, 0.25) is 0 Å². The predicted octanol–water partition coefficient (Wildman–Crippen LogP) is 3.95. The molecule has 0 bridgehead atoms. The third-order valence-electron chi connectivity index (χ3n) is 11.0. The van der Waals surface area contributed by atoms with Gasteiger partial charge in [0.25, 0.3) is 5.91 Å². The summed E-state index contributed by atoms with van der Waals surface area (Å²) in [5, 5.41) is 29.8. The normalized spacial score (nSPS) is 36.4. The molecule has 0 saturated heterocycles. The number of nitrogens with zero attached hydrogens (tertiary/aromatic N) is 1. The van der Waals surface area contributed by atoms with Crippen LogP contribution in [0.5, 0.6) is 0 Å². The molecule has 41 heavy (non-hydrogen) atoms. The van der Waals surface area contributed by atoms with Crippen LogP contribution in [-0.2, 0) is 19.2 Å². The van der Waals surface area contributed by atoms with E-state index in [4.69, 9.17) is 11.3 Å². The predicted molar refractivity (Wildman–Crippen MR) is 156 cm³/mol. The number of fused-ring (bicyclic) bond motifs is 5. The van der Waals surface area contributed by atoms with Crippen molar-refractivity contribution in [3.63, 3.8) is 0 Å². The number of allylic oxidation sites excluding steroid dienone is 2. The summed E-state index contributed by atoms with van der Waals surface area (Å²) in [5.41, 5.74) is 1.10. The molecule has 226 valence electrons. The van der Waals surface area contributed by atoms with Crippen molar-refractivity contribution in [2.75, 3.05) is 6.61 Å². The molecule has 4 aliphatic rings. The number of aliphatic carboxylic acids is 1. The fourth-order valence-corrected chi connectivity index (χ4v) is 8.38. The van der Waals surface area contributed by atoms with E-state index in [0.29, 0.717) is 37.0 Å². The highest BCUT2D eigenvalue weighted by molar-refractivity contribution is 5.96. The average Bonchev–Trinajstić information content (AvgIpc) is 3.21. The molecule has 8 atom stereocenters. The van der Waals surface area contributed by atoms with Crippen molar-refractivity contribution in [2.45, 2.75) is 116 Å². The SMILES string of the molecule is C#C[C@@]1(O)CC[C@@H]2[C@@H]3CCC4=C/C(=N/OCC(=O)N[C@H](C)C(=O)N[C@@H](CCCC)C(=O)O)CC[C@]4(C)[C@@H]3CC[C@@]21C. The molecule has 2 amide bonds. The lowest BCUT2D eigenvalue weighted by molar-refractivity contribution is -0.142. The Labute approximate surface area is 243 Å². The minimum absolute atomic E-state index is 0.0885. The summed E-state index contributed by atoms with van der Waals surface area (Å²) < 4.78 is 0. The van der Waals surface area contributed by atoms with Gasteiger partial charge in [0, 0.05) is 5.41 Å². The van der Waals surface area contributed by atoms with Gasteiger partial charge in [-0.2, -0.15) is 0 Å². The van der Waals surface area contributed by atoms with Crippen molar-refractivity contribution in [3.8, 4) is 12.3 Å². The highest BCUT2D eigenvalue weighted by atomic mass is 16.6. The highest BCUT2D eigenvalue weighted by Crippen LogP contribution is 2.67. The number of carboxylic acids is 1. The number of unbranched alkanes of at least 4 members (excludes halogenated alkanes) is 1. The first-order valence-electron chi connectivity index (χ1n) is 15.3. The van der Waals surface area contributed by atoms with Crippen molar-refractivity contribution in [2.24, 2.45) is 33.7 Å². The van der Waals surface area contributed by atoms with Crippen LogP contribution in [0.4, 0.5) is 0 Å². The zero-order valence-corrected chi connectivity index (χ0v) is 25.0. The Morgan fingerprint density at radius 1 is 1.15 bits per heavy atom. The van der Waals surface area contributed by atoms with Crippen molar-refractivity contribution in [3.05, 3.63) is 11.6 Å². The van der Waals surface area contributed by atoms with E-state index in [1.54, 1.807) is 0 Å². The van der Waals surface area contributed by atoms with E-state index >= 15 is 0 Å². The number of rotatable bonds is 10. The van der Waals surface area contributed by atoms with Crippen LogP contribution in [0.3, 0.4) is 0 Å². The van der Waals surface area contributed by atoms with Crippen LogP contribution in [0.25, 0.3) is 0 Å². The third-order valence-corrected chi connectivity index (χ3v) is 11.0. The average molecular weight is 570 g/mol. The summed E-state index contributed by atoms with van der Waals surface area (Å²) in [6.07, 6.45) is 17.3. The molecule has 0 aromatic rings. The Balaban J connectivity index is 1.31. The lowest BCUT2D eigenvalue weighted by Crippen LogP contribution is -2.54. The van der Waals surface area contributed by atoms with E-state index in [1.807, 2.05) is 6.92 Å². The molecule has 0 radical (unpaired) electrons. The van der Waals surface area contributed by atoms with Gasteiger partial charge in [-0.1, -0.05) is 50.3 Å². The minimum atomic E-state index is -1.09. The van der Waals surface area contributed by atoms with Crippen molar-refractivity contribution in [1.29, 1.82) is 0 Å². The van der Waals surface area contributed by atoms with E-state index < -0.39 is 35.5 Å². The van der Waals surface area contributed by atoms with Crippen molar-refractivity contribution >= 4 is 23.5 Å². The number of aliphatic hydroxyl groups is 1. The van der Waals surface area contributed by atoms with Gasteiger partial charge < -0.3 is 25.7 Å². The Kier molecular flexibility index (Phi) is 9.22. The van der Waals surface area contributed by atoms with Crippen LogP contribution >= 0.6 is 0 Å². The second-order valence-corrected chi connectivity index (χ2v) is 13.2. The fourth-order valence-electron chi connectivity index (χ4n) is 8.38. The number of terminal acetylenes is 1. The molecule has 0 aliphatic heterocycles. The number of amides is 2. The van der Waals surface area contributed by atoms with Gasteiger partial charge in [0.15, 0.2) is 6.61 Å². The fraction of sp³-hybridized carbons (Fsp3) is 0.750. The van der Waals surface area contributed by atoms with Crippen LogP contribution < -0.4 is 10.6 Å². The Morgan fingerprint density at radius 3 is 2.56 bits per heavy atom. The molecule has 9 heteroatoms. The number of carbonyl (C=O) groups is 3. The number of hydrogen-bond donors (Lipinski definition) is 4. The van der Waals surface area contributed by atoms with Gasteiger partial charge in [-0.25, -0.2) is 4.79 Å². The molecule has 0 aromatic carbocycles. The van der Waals surface area contributed by atoms with E-state index in [1.165, 1.54) is 12.5 Å². The first-order valence-corrected chi connectivity index (χ1v) is 15.3. The second-order valence-electron chi connectivity index (χ2n) is 13.2. The van der Waals surface area contributed by atoms with Gasteiger partial charge in [-0.3, -0.25) is 9.59 Å². The zero-order valence-electron chi connectivity index (χ0n) is 25.0. The first kappa shape index (κ1) is 31.1. The molecule has 0 heterocycles. The monoisotopic (exact) mass is 569 g/mol. The molecule has 3 fully saturated rings. The van der Waals surface area contributed by atoms with Crippen molar-refractivity contribution < 1.29 is 29.4 Å². The van der Waals surface area contributed by atoms with E-state index in [2.05, 4.69) is 41.6 Å². The number of nitrogens with one attached hydrogen (secondary N) is 2. The summed E-state index contributed by atoms with van der Waals surface area (Å²) in [7, 11) is 0. The molecule has 0 spiro atoms. The molecule has 4 aliphatic carbocycles. The standard InChI is InChI=1S/C32H47N3O6/c1-6-8-9-26(29(38)39)34-28(37)20(3)33-27(36)19-41-35-22-12-15-30(4)21(18-22)10-11-23-24(30)13-16-31(5)25(23)14-17-32(31,40)7-2/h2,18,20,23-26,40H,6,8-17,19H2,1,3-5H3,(H,33,36)(H,34,37)(H,38,39)/b35-22+/t20-,23-,24-,25-,26+,30+,31+,32-/m1/s1. The number of hydrogen-bond acceptors (Lipinski definition) is 6. The summed E-state index contributed by atoms with van der Waals surface area (Å²) in [6.45, 7) is 7.72. The molecule has 0 aromatic heterocycles. The van der Waals surface area contributed by atoms with Crippen LogP contribution in [0.1, 0.15) is 98.3 Å². The Morgan fingerprint density at radius 2 is 1.88 bits per heavy atom. The van der Waals surface area contributed by atoms with Gasteiger partial charge in [0.1, 0.15) is 17.7 Å². The van der Waals surface area contributed by atoms with Gasteiger partial charge in [-0.05, 0) is 94.0 Å². The quantitative estimate of drug-likeness (QED) is 0.232. The first-order chi connectivity index (χ1) is 19.4. The molecule has 4 rings (SSSR count). The van der Waals surface area contributed by atoms with E-state index in [9.17, 15) is 24.6 Å². The Hall–Kier alpha value is -2.86. The van der Waals surface area contributed by atoms with Crippen molar-refractivity contribution in [1.82, 2.24) is 10.6 Å². The molecular weight excluding hydrogens is 522 g/mol. The zero-order chi connectivity index (χ0) is 30.0. The summed E-state index contributed by atoms with van der Waals surface area (Å²) in [6, 6.07) is -1.88. The second kappa shape index (κ2) is 12.2. The van der Waals surface area contributed by atoms with Gasteiger partial charge in [-0.15, -0.1) is 6.42 Å². The largest absolute Gasteiger partial charge is 0.480 e. The summed E-state index contributed by atoms with van der Waals surface area (Å²) in [5.74, 6) is 2.19. The lowest BCUT2D eigenvalue weighted by Gasteiger charge is -2.58. The Bertz CT molecular complexity index is 1140. The van der Waals surface area contributed by atoms with Gasteiger partial charge in [0.2, 0.25) is 5.91 Å².